The van der Waals surface area contributed by atoms with Crippen LogP contribution in [0.15, 0.2) is 140 Å². The number of nitrogens with one attached hydrogen (secondary N) is 2. The third-order valence-corrected chi connectivity index (χ3v) is 12.8. The lowest BCUT2D eigenvalue weighted by Gasteiger charge is -2.29. The summed E-state index contributed by atoms with van der Waals surface area (Å²) >= 11 is 0. The molecule has 4 aliphatic heterocycles. The Morgan fingerprint density at radius 1 is 0.514 bits per heavy atom. The standard InChI is InChI=1S/2C26H25N7O3/c1-32-25(33-11-13-35-14-12-33)20(16-27-32)24-30-31-26(36-24)29-23-21(34)15-18-9-5-6-10-19(18)22(28-23)17-7-3-2-4-8-17;1-32-23(20(16-27-32)33-11-13-35-14-12-33)25-30-31-26(36-25)29-24-21(34)15-18-9-5-6-10-19(18)22(28-24)17-7-3-2-4-8-17/h2-10,16,23H,11-15H2,1H3,(H,29,31);2-10,16,24H,11-15H2,1H3,(H,29,31)/t23-;24-/m11/s1. The number of rotatable bonds is 10. The summed E-state index contributed by atoms with van der Waals surface area (Å²) in [7, 11) is 3.71. The topological polar surface area (TPSA) is 221 Å². The quantitative estimate of drug-likeness (QED) is 0.175. The fourth-order valence-electron chi connectivity index (χ4n) is 9.24. The minimum Gasteiger partial charge on any atom is -0.403 e. The average Bonchev–Trinajstić information content (AvgIpc) is 4.22. The van der Waals surface area contributed by atoms with Gasteiger partial charge in [-0.1, -0.05) is 119 Å². The van der Waals surface area contributed by atoms with Gasteiger partial charge in [-0.3, -0.25) is 28.9 Å². The van der Waals surface area contributed by atoms with E-state index in [1.54, 1.807) is 21.8 Å². The van der Waals surface area contributed by atoms with Crippen LogP contribution in [-0.2, 0) is 46.0 Å². The summed E-state index contributed by atoms with van der Waals surface area (Å²) in [6.07, 6.45) is 2.26. The van der Waals surface area contributed by atoms with E-state index in [0.717, 1.165) is 88.1 Å². The molecule has 364 valence electrons. The van der Waals surface area contributed by atoms with Crippen LogP contribution in [0.5, 0.6) is 0 Å². The first-order valence-electron chi connectivity index (χ1n) is 23.7. The van der Waals surface area contributed by atoms with Crippen molar-refractivity contribution in [3.05, 3.63) is 155 Å². The number of benzene rings is 4. The van der Waals surface area contributed by atoms with Crippen LogP contribution in [0, 0.1) is 0 Å². The highest BCUT2D eigenvalue weighted by Crippen LogP contribution is 2.33. The smallest absolute Gasteiger partial charge is 0.317 e. The Hall–Kier alpha value is -8.62. The molecule has 12 rings (SSSR count). The molecule has 8 heterocycles. The van der Waals surface area contributed by atoms with Crippen LogP contribution in [0.2, 0.25) is 0 Å². The van der Waals surface area contributed by atoms with Gasteiger partial charge < -0.3 is 38.7 Å². The zero-order valence-corrected chi connectivity index (χ0v) is 39.6. The number of carbonyl (C=O) groups is 2. The van der Waals surface area contributed by atoms with E-state index in [4.69, 9.17) is 28.3 Å². The van der Waals surface area contributed by atoms with Gasteiger partial charge in [0.2, 0.25) is 0 Å². The predicted molar refractivity (Wildman–Crippen MR) is 268 cm³/mol. The second-order valence-electron chi connectivity index (χ2n) is 17.4. The molecule has 4 aromatic heterocycles. The van der Waals surface area contributed by atoms with E-state index < -0.39 is 12.3 Å². The van der Waals surface area contributed by atoms with Crippen molar-refractivity contribution in [3.8, 4) is 23.0 Å². The van der Waals surface area contributed by atoms with E-state index in [2.05, 4.69) is 51.0 Å². The Balaban J connectivity index is 0.000000156. The number of hydrogen-bond donors (Lipinski definition) is 2. The number of aromatic nitrogens is 8. The molecule has 0 amide bonds. The number of ketones is 2. The molecule has 2 atom stereocenters. The maximum Gasteiger partial charge on any atom is 0.317 e. The van der Waals surface area contributed by atoms with Gasteiger partial charge in [0.05, 0.1) is 55.9 Å². The van der Waals surface area contributed by atoms with Gasteiger partial charge in [-0.2, -0.15) is 10.2 Å². The molecule has 0 saturated carbocycles. The summed E-state index contributed by atoms with van der Waals surface area (Å²) in [6, 6.07) is 35.7. The lowest BCUT2D eigenvalue weighted by molar-refractivity contribution is -0.119. The zero-order chi connectivity index (χ0) is 49.0. The molecule has 0 aliphatic carbocycles. The second-order valence-corrected chi connectivity index (χ2v) is 17.4. The fraction of sp³-hybridized carbons (Fsp3) is 0.269. The van der Waals surface area contributed by atoms with Crippen molar-refractivity contribution in [3.63, 3.8) is 0 Å². The van der Waals surface area contributed by atoms with E-state index in [0.29, 0.717) is 43.9 Å². The van der Waals surface area contributed by atoms with Gasteiger partial charge in [-0.25, -0.2) is 0 Å². The molecule has 8 aromatic rings. The highest BCUT2D eigenvalue weighted by molar-refractivity contribution is 6.17. The lowest BCUT2D eigenvalue weighted by atomic mass is 9.96. The van der Waals surface area contributed by atoms with Crippen LogP contribution < -0.4 is 20.4 Å². The Kier molecular flexibility index (Phi) is 13.0. The Morgan fingerprint density at radius 3 is 1.54 bits per heavy atom. The first-order chi connectivity index (χ1) is 35.3. The maximum atomic E-state index is 13.2. The number of fused-ring (bicyclic) bond motifs is 2. The molecule has 2 N–H and O–H groups in total. The second kappa shape index (κ2) is 20.4. The number of anilines is 4. The van der Waals surface area contributed by atoms with Gasteiger partial charge in [-0.15, -0.1) is 10.2 Å². The Bertz CT molecular complexity index is 3280. The minimum absolute atomic E-state index is 0.0801. The number of aliphatic imine (C=N–C) groups is 2. The number of ether oxygens (including phenoxy) is 2. The highest BCUT2D eigenvalue weighted by Gasteiger charge is 2.31. The lowest BCUT2D eigenvalue weighted by Crippen LogP contribution is -2.37. The van der Waals surface area contributed by atoms with Gasteiger partial charge >= 0.3 is 12.0 Å². The van der Waals surface area contributed by atoms with Crippen molar-refractivity contribution < 1.29 is 27.9 Å². The van der Waals surface area contributed by atoms with Crippen molar-refractivity contribution >= 4 is 46.5 Å². The summed E-state index contributed by atoms with van der Waals surface area (Å²) in [5.41, 5.74) is 9.46. The van der Waals surface area contributed by atoms with Gasteiger partial charge in [0.25, 0.3) is 11.8 Å². The van der Waals surface area contributed by atoms with E-state index in [1.165, 1.54) is 0 Å². The third kappa shape index (κ3) is 9.51. The molecule has 0 spiro atoms. The molecule has 0 unspecified atom stereocenters. The van der Waals surface area contributed by atoms with Crippen LogP contribution in [-0.4, -0.2) is 128 Å². The molecule has 20 nitrogen and oxygen atoms in total. The molecule has 4 aromatic carbocycles. The van der Waals surface area contributed by atoms with Gasteiger partial charge in [0.15, 0.2) is 23.9 Å². The molecular weight excluding hydrogens is 917 g/mol. The highest BCUT2D eigenvalue weighted by atomic mass is 16.5. The largest absolute Gasteiger partial charge is 0.403 e. The number of carbonyl (C=O) groups excluding carboxylic acids is 2. The van der Waals surface area contributed by atoms with Crippen LogP contribution in [0.4, 0.5) is 23.5 Å². The first kappa shape index (κ1) is 45.8. The third-order valence-electron chi connectivity index (χ3n) is 12.8. The predicted octanol–water partition coefficient (Wildman–Crippen LogP) is 5.42. The van der Waals surface area contributed by atoms with Crippen molar-refractivity contribution in [2.45, 2.75) is 25.2 Å². The summed E-state index contributed by atoms with van der Waals surface area (Å²) < 4.78 is 26.4. The average molecular weight is 967 g/mol. The monoisotopic (exact) mass is 966 g/mol. The number of nitrogens with zero attached hydrogens (tertiary/aromatic N) is 12. The van der Waals surface area contributed by atoms with Crippen molar-refractivity contribution in [2.75, 3.05) is 73.0 Å². The molecule has 20 heteroatoms. The van der Waals surface area contributed by atoms with Crippen molar-refractivity contribution in [1.29, 1.82) is 0 Å². The molecule has 4 aliphatic rings. The van der Waals surface area contributed by atoms with Crippen LogP contribution in [0.3, 0.4) is 0 Å². The molecular formula is C52H50N14O6. The van der Waals surface area contributed by atoms with E-state index in [9.17, 15) is 9.59 Å². The SMILES string of the molecule is Cn1ncc(-c2nnc(N[C@H]3N=C(c4ccccc4)c4ccccc4CC3=O)o2)c1N1CCOCC1.Cn1ncc(N2CCOCC2)c1-c1nnc(N[C@H]2N=C(c3ccccc3)c3ccccc3CC2=O)o1. The van der Waals surface area contributed by atoms with Gasteiger partial charge in [-0.05, 0) is 11.1 Å². The number of Topliss-reactive ketones (excluding diaryl/α,β-unsaturated/α-hetero) is 2. The van der Waals surface area contributed by atoms with Gasteiger partial charge in [0, 0.05) is 75.4 Å². The molecule has 2 fully saturated rings. The Morgan fingerprint density at radius 2 is 0.986 bits per heavy atom. The summed E-state index contributed by atoms with van der Waals surface area (Å²) in [6.45, 7) is 5.61. The Labute approximate surface area is 413 Å². The number of hydrogen-bond acceptors (Lipinski definition) is 18. The summed E-state index contributed by atoms with van der Waals surface area (Å²) in [5, 5.41) is 31.7. The molecule has 0 radical (unpaired) electrons. The molecule has 72 heavy (non-hydrogen) atoms. The van der Waals surface area contributed by atoms with E-state index in [1.807, 2.05) is 123 Å². The fourth-order valence-corrected chi connectivity index (χ4v) is 9.24. The normalized spacial score (nSPS) is 17.9. The summed E-state index contributed by atoms with van der Waals surface area (Å²) in [4.78, 5) is 40.5. The first-order valence-corrected chi connectivity index (χ1v) is 23.7. The van der Waals surface area contributed by atoms with Crippen molar-refractivity contribution in [1.82, 2.24) is 40.0 Å². The van der Waals surface area contributed by atoms with Crippen LogP contribution in [0.1, 0.15) is 33.4 Å². The molecule has 0 bridgehead atoms. The maximum absolute atomic E-state index is 13.2. The van der Waals surface area contributed by atoms with Crippen molar-refractivity contribution in [2.24, 2.45) is 24.1 Å². The number of aryl methyl sites for hydroxylation is 2. The minimum atomic E-state index is -0.869. The van der Waals surface area contributed by atoms with Gasteiger partial charge in [0.1, 0.15) is 17.1 Å². The van der Waals surface area contributed by atoms with E-state index >= 15 is 0 Å². The van der Waals surface area contributed by atoms with E-state index in [-0.39, 0.29) is 36.4 Å². The summed E-state index contributed by atoms with van der Waals surface area (Å²) in [5.74, 6) is 1.37. The van der Waals surface area contributed by atoms with Crippen LogP contribution >= 0.6 is 0 Å². The van der Waals surface area contributed by atoms with Crippen LogP contribution in [0.25, 0.3) is 23.0 Å². The number of morpholine rings is 2. The molecule has 2 saturated heterocycles. The zero-order valence-electron chi connectivity index (χ0n) is 39.6.